The number of benzene rings is 2. The quantitative estimate of drug-likeness (QED) is 0.672. The summed E-state index contributed by atoms with van der Waals surface area (Å²) in [5, 5.41) is 2.42. The molecule has 2 aromatic rings. The van der Waals surface area contributed by atoms with Crippen molar-refractivity contribution in [3.63, 3.8) is 0 Å². The second-order valence-electron chi connectivity index (χ2n) is 4.19. The highest BCUT2D eigenvalue weighted by Gasteiger charge is 2.08. The predicted molar refractivity (Wildman–Crippen MR) is 76.5 cm³/mol. The smallest absolute Gasteiger partial charge is 0.234 e. The van der Waals surface area contributed by atoms with Crippen molar-refractivity contribution in [1.82, 2.24) is 0 Å². The van der Waals surface area contributed by atoms with Crippen LogP contribution in [-0.4, -0.2) is 11.7 Å². The molecule has 3 N–H and O–H groups in total. The lowest BCUT2D eigenvalue weighted by atomic mass is 10.3. The van der Waals surface area contributed by atoms with Crippen molar-refractivity contribution in [3.8, 4) is 0 Å². The molecule has 0 aliphatic rings. The normalized spacial score (nSPS) is 10.4. The van der Waals surface area contributed by atoms with Gasteiger partial charge in [-0.05, 0) is 30.3 Å². The molecule has 2 rings (SSSR count). The Morgan fingerprint density at radius 3 is 2.52 bits per heavy atom. The van der Waals surface area contributed by atoms with Crippen LogP contribution in [0.1, 0.15) is 0 Å². The molecular formula is C14H11F3N2OS. The lowest BCUT2D eigenvalue weighted by molar-refractivity contribution is -0.113. The number of carbonyl (C=O) groups is 1. The summed E-state index contributed by atoms with van der Waals surface area (Å²) < 4.78 is 38.8. The highest BCUT2D eigenvalue weighted by molar-refractivity contribution is 8.00. The summed E-state index contributed by atoms with van der Waals surface area (Å²) in [6, 6.07) is 7.03. The number of nitrogens with one attached hydrogen (secondary N) is 1. The average molecular weight is 312 g/mol. The monoisotopic (exact) mass is 312 g/mol. The zero-order valence-corrected chi connectivity index (χ0v) is 11.5. The second-order valence-corrected chi connectivity index (χ2v) is 5.23. The molecule has 3 nitrogen and oxygen atoms in total. The van der Waals surface area contributed by atoms with Crippen molar-refractivity contribution in [1.29, 1.82) is 0 Å². The van der Waals surface area contributed by atoms with Crippen LogP contribution in [0.5, 0.6) is 0 Å². The molecule has 0 bridgehead atoms. The maximum Gasteiger partial charge on any atom is 0.234 e. The molecule has 0 aromatic heterocycles. The van der Waals surface area contributed by atoms with Crippen molar-refractivity contribution in [2.75, 3.05) is 16.8 Å². The summed E-state index contributed by atoms with van der Waals surface area (Å²) in [6.07, 6.45) is 0. The Hall–Kier alpha value is -2.15. The van der Waals surface area contributed by atoms with Gasteiger partial charge in [-0.1, -0.05) is 0 Å². The summed E-state index contributed by atoms with van der Waals surface area (Å²) in [5.41, 5.74) is 5.90. The van der Waals surface area contributed by atoms with E-state index in [-0.39, 0.29) is 17.1 Å². The zero-order valence-electron chi connectivity index (χ0n) is 10.7. The predicted octanol–water partition coefficient (Wildman–Crippen LogP) is 3.42. The van der Waals surface area contributed by atoms with E-state index in [1.807, 2.05) is 0 Å². The van der Waals surface area contributed by atoms with E-state index in [4.69, 9.17) is 5.73 Å². The molecule has 7 heteroatoms. The summed E-state index contributed by atoms with van der Waals surface area (Å²) in [6.45, 7) is 0. The number of hydrogen-bond acceptors (Lipinski definition) is 3. The van der Waals surface area contributed by atoms with Gasteiger partial charge in [0.15, 0.2) is 11.6 Å². The van der Waals surface area contributed by atoms with E-state index in [1.165, 1.54) is 18.2 Å². The average Bonchev–Trinajstić information content (AvgIpc) is 2.40. The van der Waals surface area contributed by atoms with Gasteiger partial charge >= 0.3 is 0 Å². The van der Waals surface area contributed by atoms with Crippen LogP contribution in [0, 0.1) is 17.5 Å². The van der Waals surface area contributed by atoms with E-state index in [0.717, 1.165) is 23.9 Å². The molecule has 21 heavy (non-hydrogen) atoms. The fraction of sp³-hybridized carbons (Fsp3) is 0.0714. The van der Waals surface area contributed by atoms with Crippen LogP contribution in [0.3, 0.4) is 0 Å². The molecule has 0 spiro atoms. The number of thioether (sulfide) groups is 1. The molecule has 1 amide bonds. The number of amides is 1. The van der Waals surface area contributed by atoms with Crippen molar-refractivity contribution in [2.45, 2.75) is 4.90 Å². The molecule has 0 heterocycles. The van der Waals surface area contributed by atoms with Crippen LogP contribution < -0.4 is 11.1 Å². The van der Waals surface area contributed by atoms with Gasteiger partial charge in [0, 0.05) is 22.3 Å². The first kappa shape index (κ1) is 15.2. The van der Waals surface area contributed by atoms with Gasteiger partial charge in [0.25, 0.3) is 0 Å². The number of nitrogens with two attached hydrogens (primary N) is 1. The van der Waals surface area contributed by atoms with Gasteiger partial charge in [0.05, 0.1) is 5.75 Å². The van der Waals surface area contributed by atoms with Crippen molar-refractivity contribution in [3.05, 3.63) is 53.8 Å². The van der Waals surface area contributed by atoms with Crippen molar-refractivity contribution < 1.29 is 18.0 Å². The summed E-state index contributed by atoms with van der Waals surface area (Å²) in [4.78, 5) is 12.2. The molecule has 0 unspecified atom stereocenters. The Labute approximate surface area is 123 Å². The minimum Gasteiger partial charge on any atom is -0.399 e. The lowest BCUT2D eigenvalue weighted by Crippen LogP contribution is -2.14. The molecular weight excluding hydrogens is 301 g/mol. The Morgan fingerprint density at radius 1 is 1.10 bits per heavy atom. The molecule has 0 fully saturated rings. The molecule has 2 aromatic carbocycles. The van der Waals surface area contributed by atoms with Gasteiger partial charge in [0.1, 0.15) is 5.82 Å². The first-order valence-corrected chi connectivity index (χ1v) is 6.86. The maximum absolute atomic E-state index is 13.1. The third-order valence-electron chi connectivity index (χ3n) is 2.47. The van der Waals surface area contributed by atoms with Crippen LogP contribution in [0.4, 0.5) is 24.5 Å². The van der Waals surface area contributed by atoms with E-state index >= 15 is 0 Å². The van der Waals surface area contributed by atoms with Crippen LogP contribution >= 0.6 is 11.8 Å². The number of nitrogen functional groups attached to an aromatic ring is 1. The van der Waals surface area contributed by atoms with Gasteiger partial charge in [-0.25, -0.2) is 13.2 Å². The fourth-order valence-corrected chi connectivity index (χ4v) is 2.37. The van der Waals surface area contributed by atoms with Crippen LogP contribution in [-0.2, 0) is 4.79 Å². The Morgan fingerprint density at radius 2 is 1.86 bits per heavy atom. The Kier molecular flexibility index (Phi) is 4.74. The molecule has 0 aliphatic heterocycles. The molecule has 0 aliphatic carbocycles. The van der Waals surface area contributed by atoms with E-state index in [9.17, 15) is 18.0 Å². The molecule has 110 valence electrons. The standard InChI is InChI=1S/C14H11F3N2OS/c15-8-3-9(18)5-11(4-8)21-7-14(20)19-10-1-2-12(16)13(17)6-10/h1-6H,7,18H2,(H,19,20). The third kappa shape index (κ3) is 4.42. The van der Waals surface area contributed by atoms with Crippen LogP contribution in [0.25, 0.3) is 0 Å². The minimum atomic E-state index is -1.04. The van der Waals surface area contributed by atoms with Gasteiger partial charge in [-0.2, -0.15) is 0 Å². The molecule has 0 saturated carbocycles. The van der Waals surface area contributed by atoms with Gasteiger partial charge in [0.2, 0.25) is 5.91 Å². The van der Waals surface area contributed by atoms with E-state index in [1.54, 1.807) is 6.07 Å². The largest absolute Gasteiger partial charge is 0.399 e. The summed E-state index contributed by atoms with van der Waals surface area (Å²) in [5.74, 6) is -2.95. The number of anilines is 2. The van der Waals surface area contributed by atoms with Gasteiger partial charge in [-0.3, -0.25) is 4.79 Å². The summed E-state index contributed by atoms with van der Waals surface area (Å²) >= 11 is 1.08. The third-order valence-corrected chi connectivity index (χ3v) is 3.44. The first-order valence-electron chi connectivity index (χ1n) is 5.88. The number of halogens is 3. The summed E-state index contributed by atoms with van der Waals surface area (Å²) in [7, 11) is 0. The topological polar surface area (TPSA) is 55.1 Å². The van der Waals surface area contributed by atoms with Gasteiger partial charge in [-0.15, -0.1) is 11.8 Å². The van der Waals surface area contributed by atoms with E-state index < -0.39 is 23.4 Å². The van der Waals surface area contributed by atoms with Crippen LogP contribution in [0.15, 0.2) is 41.3 Å². The number of carbonyl (C=O) groups excluding carboxylic acids is 1. The fourth-order valence-electron chi connectivity index (χ4n) is 1.59. The SMILES string of the molecule is Nc1cc(F)cc(SCC(=O)Nc2ccc(F)c(F)c2)c1. The molecule has 0 saturated heterocycles. The first-order chi connectivity index (χ1) is 9.94. The molecule has 0 atom stereocenters. The number of rotatable bonds is 4. The number of hydrogen-bond donors (Lipinski definition) is 2. The van der Waals surface area contributed by atoms with E-state index in [0.29, 0.717) is 4.90 Å². The minimum absolute atomic E-state index is 0.0120. The Bertz CT molecular complexity index is 659. The second kappa shape index (κ2) is 6.53. The van der Waals surface area contributed by atoms with Crippen molar-refractivity contribution in [2.24, 2.45) is 0 Å². The maximum atomic E-state index is 13.1. The van der Waals surface area contributed by atoms with Gasteiger partial charge < -0.3 is 11.1 Å². The highest BCUT2D eigenvalue weighted by atomic mass is 32.2. The van der Waals surface area contributed by atoms with Crippen molar-refractivity contribution >= 4 is 29.0 Å². The highest BCUT2D eigenvalue weighted by Crippen LogP contribution is 2.22. The lowest BCUT2D eigenvalue weighted by Gasteiger charge is -2.06. The molecule has 0 radical (unpaired) electrons. The van der Waals surface area contributed by atoms with Crippen LogP contribution in [0.2, 0.25) is 0 Å². The zero-order chi connectivity index (χ0) is 15.4. The van der Waals surface area contributed by atoms with E-state index in [2.05, 4.69) is 5.32 Å². The Balaban J connectivity index is 1.94.